The van der Waals surface area contributed by atoms with Crippen LogP contribution in [0.1, 0.15) is 21.5 Å². The molecule has 0 aliphatic rings. The third-order valence-corrected chi connectivity index (χ3v) is 4.59. The quantitative estimate of drug-likeness (QED) is 0.566. The fourth-order valence-electron chi connectivity index (χ4n) is 3.14. The van der Waals surface area contributed by atoms with E-state index >= 15 is 0 Å². The van der Waals surface area contributed by atoms with Crippen LogP contribution in [0.25, 0.3) is 5.69 Å². The molecule has 6 nitrogen and oxygen atoms in total. The minimum atomic E-state index is -0.149. The van der Waals surface area contributed by atoms with Gasteiger partial charge in [0, 0.05) is 30.1 Å². The number of rotatable bonds is 9. The van der Waals surface area contributed by atoms with Gasteiger partial charge in [-0.05, 0) is 48.7 Å². The average Bonchev–Trinajstić information content (AvgIpc) is 3.28. The molecule has 2 aromatic carbocycles. The Morgan fingerprint density at radius 1 is 1.21 bits per heavy atom. The van der Waals surface area contributed by atoms with E-state index in [1.54, 1.807) is 32.6 Å². The van der Waals surface area contributed by atoms with Gasteiger partial charge in [0.2, 0.25) is 0 Å². The second kappa shape index (κ2) is 9.59. The molecule has 1 amide bonds. The number of hydrogen-bond donors (Lipinski definition) is 1. The third kappa shape index (κ3) is 4.85. The predicted octanol–water partition coefficient (Wildman–Crippen LogP) is 3.59. The van der Waals surface area contributed by atoms with E-state index in [0.29, 0.717) is 30.0 Å². The fourth-order valence-corrected chi connectivity index (χ4v) is 3.14. The molecule has 0 spiro atoms. The zero-order chi connectivity index (χ0) is 20.6. The van der Waals surface area contributed by atoms with Gasteiger partial charge < -0.3 is 14.8 Å². The lowest BCUT2D eigenvalue weighted by molar-refractivity contribution is 0.0953. The van der Waals surface area contributed by atoms with Crippen molar-refractivity contribution in [2.24, 2.45) is 0 Å². The summed E-state index contributed by atoms with van der Waals surface area (Å²) in [6, 6.07) is 13.5. The van der Waals surface area contributed by atoms with E-state index in [9.17, 15) is 4.79 Å². The maximum absolute atomic E-state index is 12.6. The summed E-state index contributed by atoms with van der Waals surface area (Å²) >= 11 is 0. The third-order valence-electron chi connectivity index (χ3n) is 4.59. The molecule has 0 aliphatic heterocycles. The highest BCUT2D eigenvalue weighted by Gasteiger charge is 2.15. The van der Waals surface area contributed by atoms with Crippen molar-refractivity contribution >= 4 is 5.91 Å². The van der Waals surface area contributed by atoms with E-state index in [1.807, 2.05) is 47.3 Å². The zero-order valence-corrected chi connectivity index (χ0v) is 16.7. The average molecular weight is 391 g/mol. The maximum atomic E-state index is 12.6. The van der Waals surface area contributed by atoms with Crippen LogP contribution < -0.4 is 14.8 Å². The Kier molecular flexibility index (Phi) is 6.68. The molecule has 0 bridgehead atoms. The van der Waals surface area contributed by atoms with E-state index in [-0.39, 0.29) is 5.91 Å². The lowest BCUT2D eigenvalue weighted by atomic mass is 10.0. The Balaban J connectivity index is 1.63. The first-order valence-electron chi connectivity index (χ1n) is 9.39. The lowest BCUT2D eigenvalue weighted by Crippen LogP contribution is -2.26. The number of allylic oxidation sites excluding steroid dienone is 1. The van der Waals surface area contributed by atoms with Crippen molar-refractivity contribution in [1.29, 1.82) is 0 Å². The Morgan fingerprint density at radius 3 is 2.62 bits per heavy atom. The van der Waals surface area contributed by atoms with Crippen LogP contribution in [-0.4, -0.2) is 36.5 Å². The van der Waals surface area contributed by atoms with Gasteiger partial charge in [-0.25, -0.2) is 4.68 Å². The van der Waals surface area contributed by atoms with Crippen molar-refractivity contribution in [1.82, 2.24) is 15.1 Å². The number of hydrogen-bond acceptors (Lipinski definition) is 4. The molecule has 0 saturated heterocycles. The molecule has 0 unspecified atom stereocenters. The molecule has 0 fully saturated rings. The fraction of sp³-hybridized carbons (Fsp3) is 0.217. The monoisotopic (exact) mass is 391 g/mol. The minimum Gasteiger partial charge on any atom is -0.493 e. The highest BCUT2D eigenvalue weighted by Crippen LogP contribution is 2.33. The number of ether oxygens (including phenoxy) is 2. The Hall–Kier alpha value is -3.54. The Labute approximate surface area is 170 Å². The highest BCUT2D eigenvalue weighted by atomic mass is 16.5. The topological polar surface area (TPSA) is 65.4 Å². The number of benzene rings is 2. The summed E-state index contributed by atoms with van der Waals surface area (Å²) in [6.07, 6.45) is 6.74. The molecule has 1 heterocycles. The molecule has 0 atom stereocenters. The van der Waals surface area contributed by atoms with E-state index in [2.05, 4.69) is 17.0 Å². The highest BCUT2D eigenvalue weighted by molar-refractivity contribution is 5.95. The van der Waals surface area contributed by atoms with E-state index < -0.39 is 0 Å². The lowest BCUT2D eigenvalue weighted by Gasteiger charge is -2.14. The molecule has 0 saturated carbocycles. The van der Waals surface area contributed by atoms with Crippen LogP contribution in [0.2, 0.25) is 0 Å². The van der Waals surface area contributed by atoms with Crippen molar-refractivity contribution in [3.63, 3.8) is 0 Å². The van der Waals surface area contributed by atoms with Gasteiger partial charge in [-0.3, -0.25) is 4.79 Å². The molecule has 6 heteroatoms. The molecule has 0 radical (unpaired) electrons. The van der Waals surface area contributed by atoms with Crippen molar-refractivity contribution in [3.8, 4) is 17.2 Å². The van der Waals surface area contributed by atoms with Crippen molar-refractivity contribution < 1.29 is 14.3 Å². The number of carbonyl (C=O) groups excluding carboxylic acids is 1. The van der Waals surface area contributed by atoms with E-state index in [0.717, 1.165) is 23.2 Å². The second-order valence-electron chi connectivity index (χ2n) is 6.49. The summed E-state index contributed by atoms with van der Waals surface area (Å²) in [5, 5.41) is 7.19. The SMILES string of the molecule is C=CCc1cc(C(=O)NCCc2ccc(-n3cccn3)cc2)cc(OC)c1OC. The van der Waals surface area contributed by atoms with Crippen LogP contribution in [0, 0.1) is 0 Å². The summed E-state index contributed by atoms with van der Waals surface area (Å²) in [6.45, 7) is 4.30. The summed E-state index contributed by atoms with van der Waals surface area (Å²) in [7, 11) is 3.14. The van der Waals surface area contributed by atoms with E-state index in [1.165, 1.54) is 0 Å². The molecular weight excluding hydrogens is 366 g/mol. The number of aromatic nitrogens is 2. The number of nitrogens with one attached hydrogen (secondary N) is 1. The Morgan fingerprint density at radius 2 is 2.00 bits per heavy atom. The van der Waals surface area contributed by atoms with Gasteiger partial charge in [0.05, 0.1) is 19.9 Å². The van der Waals surface area contributed by atoms with Crippen LogP contribution >= 0.6 is 0 Å². The normalized spacial score (nSPS) is 10.4. The molecule has 3 aromatic rings. The summed E-state index contributed by atoms with van der Waals surface area (Å²) in [4.78, 5) is 12.6. The van der Waals surface area contributed by atoms with Crippen LogP contribution in [0.5, 0.6) is 11.5 Å². The maximum Gasteiger partial charge on any atom is 0.251 e. The van der Waals surface area contributed by atoms with Crippen LogP contribution in [0.15, 0.2) is 67.5 Å². The van der Waals surface area contributed by atoms with Gasteiger partial charge in [0.25, 0.3) is 5.91 Å². The van der Waals surface area contributed by atoms with Gasteiger partial charge in [-0.2, -0.15) is 5.10 Å². The molecule has 1 aromatic heterocycles. The summed E-state index contributed by atoms with van der Waals surface area (Å²) < 4.78 is 12.6. The number of nitrogens with zero attached hydrogens (tertiary/aromatic N) is 2. The first-order chi connectivity index (χ1) is 14.2. The Bertz CT molecular complexity index is 964. The predicted molar refractivity (Wildman–Crippen MR) is 113 cm³/mol. The number of amides is 1. The van der Waals surface area contributed by atoms with Gasteiger partial charge >= 0.3 is 0 Å². The van der Waals surface area contributed by atoms with Crippen LogP contribution in [0.3, 0.4) is 0 Å². The van der Waals surface area contributed by atoms with Crippen molar-refractivity contribution in [3.05, 3.63) is 84.2 Å². The standard InChI is InChI=1S/C23H25N3O3/c1-4-6-18-15-19(16-21(28-2)22(18)29-3)23(27)24-13-11-17-7-9-20(10-8-17)26-14-5-12-25-26/h4-5,7-10,12,14-16H,1,6,11,13H2,2-3H3,(H,24,27). The first kappa shape index (κ1) is 20.2. The van der Waals surface area contributed by atoms with E-state index in [4.69, 9.17) is 9.47 Å². The van der Waals surface area contributed by atoms with Gasteiger partial charge in [-0.15, -0.1) is 6.58 Å². The molecule has 29 heavy (non-hydrogen) atoms. The smallest absolute Gasteiger partial charge is 0.251 e. The second-order valence-corrected chi connectivity index (χ2v) is 6.49. The van der Waals surface area contributed by atoms with Gasteiger partial charge in [-0.1, -0.05) is 18.2 Å². The van der Waals surface area contributed by atoms with Crippen molar-refractivity contribution in [2.45, 2.75) is 12.8 Å². The number of methoxy groups -OCH3 is 2. The number of carbonyl (C=O) groups is 1. The van der Waals surface area contributed by atoms with Crippen molar-refractivity contribution in [2.75, 3.05) is 20.8 Å². The summed E-state index contributed by atoms with van der Waals surface area (Å²) in [5.74, 6) is 1.01. The van der Waals surface area contributed by atoms with Gasteiger partial charge in [0.15, 0.2) is 11.5 Å². The minimum absolute atomic E-state index is 0.149. The van der Waals surface area contributed by atoms with Crippen LogP contribution in [0.4, 0.5) is 0 Å². The molecular formula is C23H25N3O3. The molecule has 1 N–H and O–H groups in total. The summed E-state index contributed by atoms with van der Waals surface area (Å²) in [5.41, 5.74) is 3.54. The first-order valence-corrected chi connectivity index (χ1v) is 9.39. The molecule has 150 valence electrons. The largest absolute Gasteiger partial charge is 0.493 e. The molecule has 3 rings (SSSR count). The van der Waals surface area contributed by atoms with Crippen LogP contribution in [-0.2, 0) is 12.8 Å². The molecule has 0 aliphatic carbocycles. The van der Waals surface area contributed by atoms with Gasteiger partial charge in [0.1, 0.15) is 0 Å². The zero-order valence-electron chi connectivity index (χ0n) is 16.7.